The first kappa shape index (κ1) is 10.4. The van der Waals surface area contributed by atoms with Gasteiger partial charge < -0.3 is 5.73 Å². The molecule has 63 valence electrons. The number of primary amides is 1. The van der Waals surface area contributed by atoms with Crippen LogP contribution in [0.3, 0.4) is 0 Å². The molecule has 0 aliphatic carbocycles. The number of urea groups is 1. The van der Waals surface area contributed by atoms with Gasteiger partial charge in [0.15, 0.2) is 0 Å². The highest BCUT2D eigenvalue weighted by Crippen LogP contribution is 1.94. The van der Waals surface area contributed by atoms with Crippen LogP contribution < -0.4 is 5.73 Å². The van der Waals surface area contributed by atoms with Crippen LogP contribution in [0.15, 0.2) is 0 Å². The van der Waals surface area contributed by atoms with Gasteiger partial charge in [0, 0.05) is 10.2 Å². The van der Waals surface area contributed by atoms with Crippen LogP contribution in [0.5, 0.6) is 0 Å². The number of rotatable bonds is 5. The van der Waals surface area contributed by atoms with E-state index in [9.17, 15) is 4.79 Å². The number of nitrogens with two attached hydrogens (primary N) is 1. The van der Waals surface area contributed by atoms with Crippen molar-refractivity contribution in [3.05, 3.63) is 0 Å². The van der Waals surface area contributed by atoms with Crippen molar-refractivity contribution in [3.63, 3.8) is 0 Å². The summed E-state index contributed by atoms with van der Waals surface area (Å²) >= 11 is 0. The minimum Gasteiger partial charge on any atom is -0.350 e. The molecule has 0 atom stereocenters. The second-order valence-electron chi connectivity index (χ2n) is 1.96. The zero-order valence-corrected chi connectivity index (χ0v) is 7.67. The van der Waals surface area contributed by atoms with Gasteiger partial charge in [-0.1, -0.05) is 6.04 Å². The fourth-order valence-electron chi connectivity index (χ4n) is 0.617. The van der Waals surface area contributed by atoms with E-state index in [-0.39, 0.29) is 0 Å². The van der Waals surface area contributed by atoms with Gasteiger partial charge in [0.2, 0.25) is 0 Å². The molecule has 0 aliphatic rings. The number of carbonyl (C=O) groups excluding carboxylic acids is 1. The zero-order chi connectivity index (χ0) is 8.69. The molecule has 4 nitrogen and oxygen atoms in total. The standard InChI is InChI=1S/C6H13N2O2Si/c1-2-10-8(6(7)9)4-3-5-11/h2-5H2,1H3,(H2,7,9). The number of nitrogens with zero attached hydrogens (tertiary/aromatic N) is 1. The summed E-state index contributed by atoms with van der Waals surface area (Å²) in [6, 6.07) is 0.295. The summed E-state index contributed by atoms with van der Waals surface area (Å²) in [5.74, 6) is 0. The lowest BCUT2D eigenvalue weighted by Crippen LogP contribution is -2.36. The lowest BCUT2D eigenvalue weighted by molar-refractivity contribution is -0.109. The van der Waals surface area contributed by atoms with Crippen LogP contribution in [0.1, 0.15) is 13.3 Å². The Morgan fingerprint density at radius 1 is 1.73 bits per heavy atom. The molecule has 0 bridgehead atoms. The molecule has 0 heterocycles. The van der Waals surface area contributed by atoms with Crippen molar-refractivity contribution in [3.8, 4) is 0 Å². The summed E-state index contributed by atoms with van der Waals surface area (Å²) in [6.45, 7) is 2.81. The Kier molecular flexibility index (Phi) is 5.87. The van der Waals surface area contributed by atoms with Gasteiger partial charge in [-0.15, -0.1) is 0 Å². The third kappa shape index (κ3) is 4.80. The Hall–Kier alpha value is -0.553. The normalized spacial score (nSPS) is 9.64. The molecule has 0 fully saturated rings. The molecule has 0 aromatic carbocycles. The SMILES string of the molecule is CCON(CCC[Si])C(N)=O. The summed E-state index contributed by atoms with van der Waals surface area (Å²) < 4.78 is 0. The molecule has 2 N–H and O–H groups in total. The van der Waals surface area contributed by atoms with E-state index in [1.54, 1.807) is 0 Å². The second-order valence-corrected chi connectivity index (χ2v) is 2.46. The quantitative estimate of drug-likeness (QED) is 0.480. The lowest BCUT2D eigenvalue weighted by Gasteiger charge is -2.17. The Morgan fingerprint density at radius 2 is 2.36 bits per heavy atom. The fourth-order valence-corrected chi connectivity index (χ4v) is 0.775. The Balaban J connectivity index is 3.60. The van der Waals surface area contributed by atoms with Gasteiger partial charge in [-0.3, -0.25) is 4.84 Å². The summed E-state index contributed by atoms with van der Waals surface area (Å²) in [5.41, 5.74) is 5.01. The van der Waals surface area contributed by atoms with Crippen LogP contribution in [0.2, 0.25) is 6.04 Å². The summed E-state index contributed by atoms with van der Waals surface area (Å²) in [5, 5.41) is 1.17. The predicted molar refractivity (Wildman–Crippen MR) is 43.1 cm³/mol. The van der Waals surface area contributed by atoms with Gasteiger partial charge in [0.05, 0.1) is 13.2 Å². The topological polar surface area (TPSA) is 55.6 Å². The van der Waals surface area contributed by atoms with Crippen molar-refractivity contribution in [1.29, 1.82) is 0 Å². The van der Waals surface area contributed by atoms with Crippen molar-refractivity contribution >= 4 is 16.3 Å². The highest BCUT2D eigenvalue weighted by molar-refractivity contribution is 6.08. The summed E-state index contributed by atoms with van der Waals surface area (Å²) in [6.07, 6.45) is 0.833. The first-order valence-electron chi connectivity index (χ1n) is 3.56. The highest BCUT2D eigenvalue weighted by atomic mass is 28.1. The fraction of sp³-hybridized carbons (Fsp3) is 0.833. The van der Waals surface area contributed by atoms with Gasteiger partial charge in [0.25, 0.3) is 0 Å². The summed E-state index contributed by atoms with van der Waals surface area (Å²) in [7, 11) is 3.29. The van der Waals surface area contributed by atoms with Crippen molar-refractivity contribution in [2.24, 2.45) is 5.73 Å². The Labute approximate surface area is 70.1 Å². The van der Waals surface area contributed by atoms with Crippen LogP contribution in [0.25, 0.3) is 0 Å². The molecule has 5 heteroatoms. The maximum Gasteiger partial charge on any atom is 0.338 e. The maximum atomic E-state index is 10.6. The van der Waals surface area contributed by atoms with Crippen LogP contribution in [-0.4, -0.2) is 34.5 Å². The molecule has 0 spiro atoms. The minimum atomic E-state index is -0.535. The van der Waals surface area contributed by atoms with Crippen molar-refractivity contribution in [2.75, 3.05) is 13.2 Å². The highest BCUT2D eigenvalue weighted by Gasteiger charge is 2.07. The molecule has 2 amide bonds. The lowest BCUT2D eigenvalue weighted by atomic mass is 10.5. The van der Waals surface area contributed by atoms with E-state index in [1.807, 2.05) is 6.92 Å². The molecular formula is C6H13N2O2Si. The molecule has 0 saturated carbocycles. The Morgan fingerprint density at radius 3 is 2.73 bits per heavy atom. The number of hydroxylamine groups is 2. The first-order chi connectivity index (χ1) is 5.22. The number of hydrogen-bond acceptors (Lipinski definition) is 2. The van der Waals surface area contributed by atoms with Crippen molar-refractivity contribution < 1.29 is 9.63 Å². The smallest absolute Gasteiger partial charge is 0.338 e. The number of carbonyl (C=O) groups is 1. The molecular weight excluding hydrogens is 160 g/mol. The summed E-state index contributed by atoms with van der Waals surface area (Å²) in [4.78, 5) is 15.5. The molecule has 0 aliphatic heterocycles. The van der Waals surface area contributed by atoms with E-state index in [1.165, 1.54) is 5.06 Å². The van der Waals surface area contributed by atoms with Crippen LogP contribution in [-0.2, 0) is 4.84 Å². The van der Waals surface area contributed by atoms with E-state index >= 15 is 0 Å². The second kappa shape index (κ2) is 6.18. The molecule has 0 saturated heterocycles. The van der Waals surface area contributed by atoms with E-state index in [0.717, 1.165) is 12.5 Å². The monoisotopic (exact) mass is 173 g/mol. The van der Waals surface area contributed by atoms with E-state index in [4.69, 9.17) is 10.6 Å². The Bertz CT molecular complexity index is 121. The third-order valence-electron chi connectivity index (χ3n) is 1.07. The first-order valence-corrected chi connectivity index (χ1v) is 4.27. The molecule has 0 aromatic rings. The number of amides is 2. The average Bonchev–Trinajstić information content (AvgIpc) is 1.97. The van der Waals surface area contributed by atoms with Gasteiger partial charge >= 0.3 is 6.03 Å². The largest absolute Gasteiger partial charge is 0.350 e. The van der Waals surface area contributed by atoms with Crippen molar-refractivity contribution in [2.45, 2.75) is 19.4 Å². The molecule has 0 rings (SSSR count). The average molecular weight is 173 g/mol. The van der Waals surface area contributed by atoms with E-state index in [2.05, 4.69) is 10.2 Å². The van der Waals surface area contributed by atoms with Crippen LogP contribution in [0, 0.1) is 0 Å². The molecule has 0 aromatic heterocycles. The minimum absolute atomic E-state index is 0.463. The van der Waals surface area contributed by atoms with Gasteiger partial charge in [0.1, 0.15) is 0 Å². The van der Waals surface area contributed by atoms with E-state index < -0.39 is 6.03 Å². The molecule has 3 radical (unpaired) electrons. The molecule has 0 unspecified atom stereocenters. The number of hydrogen-bond donors (Lipinski definition) is 1. The predicted octanol–water partition coefficient (Wildman–Crippen LogP) is 0.296. The van der Waals surface area contributed by atoms with Crippen molar-refractivity contribution in [1.82, 2.24) is 5.06 Å². The van der Waals surface area contributed by atoms with Crippen LogP contribution in [0.4, 0.5) is 4.79 Å². The van der Waals surface area contributed by atoms with Gasteiger partial charge in [-0.05, 0) is 13.3 Å². The zero-order valence-electron chi connectivity index (χ0n) is 6.67. The molecule has 11 heavy (non-hydrogen) atoms. The van der Waals surface area contributed by atoms with Gasteiger partial charge in [-0.25, -0.2) is 9.86 Å². The van der Waals surface area contributed by atoms with E-state index in [0.29, 0.717) is 13.2 Å². The van der Waals surface area contributed by atoms with Crippen LogP contribution >= 0.6 is 0 Å². The third-order valence-corrected chi connectivity index (χ3v) is 1.42. The van der Waals surface area contributed by atoms with Gasteiger partial charge in [-0.2, -0.15) is 0 Å². The maximum absolute atomic E-state index is 10.6.